The maximum Gasteiger partial charge on any atom is 0.123 e. The van der Waals surface area contributed by atoms with Crippen molar-refractivity contribution in [3.8, 4) is 5.69 Å². The van der Waals surface area contributed by atoms with Crippen molar-refractivity contribution in [3.63, 3.8) is 0 Å². The summed E-state index contributed by atoms with van der Waals surface area (Å²) in [6.45, 7) is 9.32. The SMILES string of the molecule is Cc1cc(CNC2CC(C)(C)Cc3c2cnn3-c2ccc(F)cc2)oc1C. The van der Waals surface area contributed by atoms with E-state index in [0.717, 1.165) is 30.0 Å². The van der Waals surface area contributed by atoms with E-state index in [-0.39, 0.29) is 17.3 Å². The summed E-state index contributed by atoms with van der Waals surface area (Å²) in [6.07, 6.45) is 3.93. The molecule has 2 aromatic heterocycles. The van der Waals surface area contributed by atoms with E-state index in [1.165, 1.54) is 29.0 Å². The molecule has 1 atom stereocenters. The molecule has 0 bridgehead atoms. The van der Waals surface area contributed by atoms with Crippen LogP contribution in [0.3, 0.4) is 0 Å². The molecule has 0 saturated heterocycles. The van der Waals surface area contributed by atoms with Crippen molar-refractivity contribution in [2.75, 3.05) is 0 Å². The first-order valence-electron chi connectivity index (χ1n) is 9.44. The summed E-state index contributed by atoms with van der Waals surface area (Å²) in [4.78, 5) is 0. The van der Waals surface area contributed by atoms with Crippen molar-refractivity contribution in [1.82, 2.24) is 15.1 Å². The van der Waals surface area contributed by atoms with E-state index >= 15 is 0 Å². The molecule has 2 heterocycles. The van der Waals surface area contributed by atoms with Crippen LogP contribution in [0.5, 0.6) is 0 Å². The summed E-state index contributed by atoms with van der Waals surface area (Å²) >= 11 is 0. The molecule has 0 fully saturated rings. The quantitative estimate of drug-likeness (QED) is 0.704. The Kier molecular flexibility index (Phi) is 4.42. The summed E-state index contributed by atoms with van der Waals surface area (Å²) < 4.78 is 21.1. The molecule has 4 rings (SSSR count). The monoisotopic (exact) mass is 367 g/mol. The van der Waals surface area contributed by atoms with E-state index in [1.807, 2.05) is 17.8 Å². The zero-order valence-corrected chi connectivity index (χ0v) is 16.3. The van der Waals surface area contributed by atoms with Crippen LogP contribution in [0.2, 0.25) is 0 Å². The molecule has 1 aromatic carbocycles. The minimum atomic E-state index is -0.233. The van der Waals surface area contributed by atoms with Gasteiger partial charge in [0, 0.05) is 17.3 Å². The molecule has 0 amide bonds. The van der Waals surface area contributed by atoms with Crippen LogP contribution in [-0.2, 0) is 13.0 Å². The summed E-state index contributed by atoms with van der Waals surface area (Å²) in [7, 11) is 0. The molecule has 27 heavy (non-hydrogen) atoms. The largest absolute Gasteiger partial charge is 0.465 e. The van der Waals surface area contributed by atoms with Crippen LogP contribution in [0.4, 0.5) is 4.39 Å². The van der Waals surface area contributed by atoms with Crippen molar-refractivity contribution in [2.24, 2.45) is 5.41 Å². The Morgan fingerprint density at radius 3 is 2.67 bits per heavy atom. The third kappa shape index (κ3) is 3.56. The highest BCUT2D eigenvalue weighted by Gasteiger charge is 2.35. The molecule has 3 aromatic rings. The Morgan fingerprint density at radius 1 is 1.26 bits per heavy atom. The van der Waals surface area contributed by atoms with Gasteiger partial charge in [-0.15, -0.1) is 0 Å². The first-order chi connectivity index (χ1) is 12.8. The maximum absolute atomic E-state index is 13.3. The first-order valence-corrected chi connectivity index (χ1v) is 9.44. The molecule has 0 saturated carbocycles. The van der Waals surface area contributed by atoms with Crippen LogP contribution in [0.25, 0.3) is 5.69 Å². The van der Waals surface area contributed by atoms with Crippen molar-refractivity contribution >= 4 is 0 Å². The number of benzene rings is 1. The van der Waals surface area contributed by atoms with Gasteiger partial charge in [-0.1, -0.05) is 13.8 Å². The van der Waals surface area contributed by atoms with Gasteiger partial charge >= 0.3 is 0 Å². The van der Waals surface area contributed by atoms with Crippen molar-refractivity contribution in [1.29, 1.82) is 0 Å². The Labute approximate surface area is 159 Å². The predicted molar refractivity (Wildman–Crippen MR) is 103 cm³/mol. The molecule has 0 aliphatic heterocycles. The van der Waals surface area contributed by atoms with Crippen molar-refractivity contribution in [3.05, 3.63) is 70.7 Å². The highest BCUT2D eigenvalue weighted by Crippen LogP contribution is 2.41. The summed E-state index contributed by atoms with van der Waals surface area (Å²) in [5.74, 6) is 1.70. The molecular formula is C22H26FN3O. The molecule has 142 valence electrons. The second-order valence-electron chi connectivity index (χ2n) is 8.37. The van der Waals surface area contributed by atoms with E-state index in [4.69, 9.17) is 4.42 Å². The number of rotatable bonds is 4. The molecule has 1 N–H and O–H groups in total. The lowest BCUT2D eigenvalue weighted by atomic mass is 9.74. The molecule has 1 aliphatic carbocycles. The Bertz CT molecular complexity index is 933. The number of halogens is 1. The Balaban J connectivity index is 1.62. The highest BCUT2D eigenvalue weighted by molar-refractivity contribution is 5.38. The third-order valence-corrected chi connectivity index (χ3v) is 5.49. The van der Waals surface area contributed by atoms with Crippen molar-refractivity contribution < 1.29 is 8.81 Å². The number of hydrogen-bond donors (Lipinski definition) is 1. The standard InChI is InChI=1S/C22H26FN3O/c1-14-9-18(27-15(14)2)12-24-20-10-22(3,4)11-21-19(20)13-25-26(21)17-7-5-16(23)6-8-17/h5-9,13,20,24H,10-12H2,1-4H3. The summed E-state index contributed by atoms with van der Waals surface area (Å²) in [6, 6.07) is 8.83. The molecule has 1 aliphatic rings. The van der Waals surface area contributed by atoms with Gasteiger partial charge in [0.25, 0.3) is 0 Å². The second-order valence-corrected chi connectivity index (χ2v) is 8.37. The molecule has 0 spiro atoms. The number of hydrogen-bond acceptors (Lipinski definition) is 3. The van der Waals surface area contributed by atoms with Gasteiger partial charge in [0.05, 0.1) is 18.4 Å². The fourth-order valence-corrected chi connectivity index (χ4v) is 3.99. The number of furan rings is 1. The smallest absolute Gasteiger partial charge is 0.123 e. The van der Waals surface area contributed by atoms with E-state index in [2.05, 4.69) is 37.3 Å². The summed E-state index contributed by atoms with van der Waals surface area (Å²) in [5, 5.41) is 8.27. The van der Waals surface area contributed by atoms with Gasteiger partial charge in [-0.3, -0.25) is 0 Å². The average molecular weight is 367 g/mol. The molecule has 0 radical (unpaired) electrons. The lowest BCUT2D eigenvalue weighted by molar-refractivity contribution is 0.249. The maximum atomic E-state index is 13.3. The molecule has 5 heteroatoms. The van der Waals surface area contributed by atoms with E-state index in [9.17, 15) is 4.39 Å². The number of aryl methyl sites for hydroxylation is 2. The normalized spacial score (nSPS) is 18.5. The van der Waals surface area contributed by atoms with Crippen LogP contribution >= 0.6 is 0 Å². The number of nitrogens with zero attached hydrogens (tertiary/aromatic N) is 2. The van der Waals surface area contributed by atoms with Crippen LogP contribution in [0, 0.1) is 25.1 Å². The van der Waals surface area contributed by atoms with E-state index in [1.54, 1.807) is 12.1 Å². The van der Waals surface area contributed by atoms with Gasteiger partial charge in [-0.05, 0) is 68.0 Å². The average Bonchev–Trinajstić information content (AvgIpc) is 3.16. The molecule has 1 unspecified atom stereocenters. The zero-order valence-electron chi connectivity index (χ0n) is 16.3. The predicted octanol–water partition coefficient (Wildman–Crippen LogP) is 5.02. The number of fused-ring (bicyclic) bond motifs is 1. The van der Waals surface area contributed by atoms with Gasteiger partial charge in [-0.2, -0.15) is 5.10 Å². The Hall–Kier alpha value is -2.40. The first kappa shape index (κ1) is 18.0. The topological polar surface area (TPSA) is 43.0 Å². The lowest BCUT2D eigenvalue weighted by Gasteiger charge is -2.36. The van der Waals surface area contributed by atoms with Crippen LogP contribution in [-0.4, -0.2) is 9.78 Å². The molecule has 4 nitrogen and oxygen atoms in total. The third-order valence-electron chi connectivity index (χ3n) is 5.49. The zero-order chi connectivity index (χ0) is 19.2. The highest BCUT2D eigenvalue weighted by atomic mass is 19.1. The fourth-order valence-electron chi connectivity index (χ4n) is 3.99. The van der Waals surface area contributed by atoms with Crippen LogP contribution < -0.4 is 5.32 Å². The fraction of sp³-hybridized carbons (Fsp3) is 0.409. The second kappa shape index (κ2) is 6.64. The van der Waals surface area contributed by atoms with E-state index < -0.39 is 0 Å². The van der Waals surface area contributed by atoms with Crippen LogP contribution in [0.15, 0.2) is 40.9 Å². The van der Waals surface area contributed by atoms with Gasteiger partial charge in [0.15, 0.2) is 0 Å². The minimum absolute atomic E-state index is 0.150. The minimum Gasteiger partial charge on any atom is -0.465 e. The lowest BCUT2D eigenvalue weighted by Crippen LogP contribution is -2.33. The van der Waals surface area contributed by atoms with Crippen molar-refractivity contribution in [2.45, 2.75) is 53.1 Å². The summed E-state index contributed by atoms with van der Waals surface area (Å²) in [5.41, 5.74) is 4.64. The molecular weight excluding hydrogens is 341 g/mol. The van der Waals surface area contributed by atoms with Gasteiger partial charge in [0.1, 0.15) is 17.3 Å². The van der Waals surface area contributed by atoms with Gasteiger partial charge < -0.3 is 9.73 Å². The van der Waals surface area contributed by atoms with Crippen LogP contribution in [0.1, 0.15) is 54.7 Å². The Morgan fingerprint density at radius 2 is 2.00 bits per heavy atom. The number of nitrogens with one attached hydrogen (secondary N) is 1. The van der Waals surface area contributed by atoms with Gasteiger partial charge in [-0.25, -0.2) is 9.07 Å². The number of aromatic nitrogens is 2. The van der Waals surface area contributed by atoms with Gasteiger partial charge in [0.2, 0.25) is 0 Å². The van der Waals surface area contributed by atoms with E-state index in [0.29, 0.717) is 6.54 Å².